The minimum absolute atomic E-state index is 0.0621. The number of thiazole rings is 1. The Morgan fingerprint density at radius 3 is 2.88 bits per heavy atom. The van der Waals surface area contributed by atoms with Crippen LogP contribution in [0.3, 0.4) is 0 Å². The number of hydrogen-bond donors (Lipinski definition) is 2. The summed E-state index contributed by atoms with van der Waals surface area (Å²) in [6, 6.07) is 2.56. The van der Waals surface area contributed by atoms with E-state index in [4.69, 9.17) is 4.42 Å². The average molecular weight is 375 g/mol. The molecule has 2 heterocycles. The molecule has 2 amide bonds. The third-order valence-corrected chi connectivity index (χ3v) is 5.87. The van der Waals surface area contributed by atoms with Gasteiger partial charge in [0, 0.05) is 4.88 Å². The van der Waals surface area contributed by atoms with Gasteiger partial charge in [-0.05, 0) is 43.2 Å². The standard InChI is InChI=1S/C19H25N3O3S/c1-4-12-7-8-13-15(10-12)26-19(20-13)22-18(24)16(11(2)3)21-17(23)14-6-5-9-25-14/h5-6,9,11-12,16H,4,7-8,10H2,1-3H3,(H,21,23)(H,20,22,24). The van der Waals surface area contributed by atoms with E-state index in [1.807, 2.05) is 13.8 Å². The first-order valence-electron chi connectivity index (χ1n) is 9.11. The summed E-state index contributed by atoms with van der Waals surface area (Å²) in [5.41, 5.74) is 1.11. The highest BCUT2D eigenvalue weighted by Crippen LogP contribution is 2.33. The molecule has 140 valence electrons. The van der Waals surface area contributed by atoms with Gasteiger partial charge in [-0.15, -0.1) is 11.3 Å². The normalized spacial score (nSPS) is 17.6. The van der Waals surface area contributed by atoms with Gasteiger partial charge in [-0.1, -0.05) is 27.2 Å². The quantitative estimate of drug-likeness (QED) is 0.807. The molecule has 0 radical (unpaired) electrons. The second-order valence-electron chi connectivity index (χ2n) is 7.07. The Bertz CT molecular complexity index is 767. The van der Waals surface area contributed by atoms with Crippen molar-refractivity contribution >= 4 is 28.3 Å². The maximum atomic E-state index is 12.7. The van der Waals surface area contributed by atoms with Crippen molar-refractivity contribution in [2.45, 2.75) is 52.5 Å². The summed E-state index contributed by atoms with van der Waals surface area (Å²) in [4.78, 5) is 30.8. The van der Waals surface area contributed by atoms with Crippen LogP contribution in [0.15, 0.2) is 22.8 Å². The fourth-order valence-corrected chi connectivity index (χ4v) is 4.31. The smallest absolute Gasteiger partial charge is 0.287 e. The van der Waals surface area contributed by atoms with Crippen molar-refractivity contribution in [1.29, 1.82) is 0 Å². The Morgan fingerprint density at radius 1 is 1.42 bits per heavy atom. The number of anilines is 1. The lowest BCUT2D eigenvalue weighted by Crippen LogP contribution is -2.47. The summed E-state index contributed by atoms with van der Waals surface area (Å²) >= 11 is 1.55. The van der Waals surface area contributed by atoms with Crippen LogP contribution in [0.2, 0.25) is 0 Å². The van der Waals surface area contributed by atoms with Crippen LogP contribution in [-0.4, -0.2) is 22.8 Å². The number of carbonyl (C=O) groups is 2. The number of aryl methyl sites for hydroxylation is 1. The zero-order valence-electron chi connectivity index (χ0n) is 15.4. The van der Waals surface area contributed by atoms with E-state index in [0.29, 0.717) is 11.0 Å². The molecule has 0 fully saturated rings. The Kier molecular flexibility index (Phi) is 5.76. The summed E-state index contributed by atoms with van der Waals surface area (Å²) < 4.78 is 5.10. The van der Waals surface area contributed by atoms with E-state index >= 15 is 0 Å². The second-order valence-corrected chi connectivity index (χ2v) is 8.15. The monoisotopic (exact) mass is 375 g/mol. The number of hydrogen-bond acceptors (Lipinski definition) is 5. The first kappa shape index (κ1) is 18.6. The molecule has 2 aromatic rings. The molecule has 0 saturated heterocycles. The zero-order valence-corrected chi connectivity index (χ0v) is 16.2. The fourth-order valence-electron chi connectivity index (χ4n) is 3.18. The molecule has 2 aromatic heterocycles. The molecule has 1 aliphatic carbocycles. The van der Waals surface area contributed by atoms with Crippen molar-refractivity contribution in [3.63, 3.8) is 0 Å². The molecular weight excluding hydrogens is 350 g/mol. The largest absolute Gasteiger partial charge is 0.459 e. The molecule has 0 saturated carbocycles. The molecular formula is C19H25N3O3S. The molecule has 7 heteroatoms. The van der Waals surface area contributed by atoms with Gasteiger partial charge >= 0.3 is 0 Å². The van der Waals surface area contributed by atoms with Gasteiger partial charge in [-0.3, -0.25) is 9.59 Å². The van der Waals surface area contributed by atoms with E-state index in [0.717, 1.165) is 25.0 Å². The lowest BCUT2D eigenvalue weighted by atomic mass is 9.89. The Hall–Kier alpha value is -2.15. The van der Waals surface area contributed by atoms with E-state index in [1.54, 1.807) is 23.5 Å². The van der Waals surface area contributed by atoms with E-state index in [9.17, 15) is 9.59 Å². The minimum Gasteiger partial charge on any atom is -0.459 e. The molecule has 26 heavy (non-hydrogen) atoms. The van der Waals surface area contributed by atoms with Gasteiger partial charge in [0.25, 0.3) is 5.91 Å². The molecule has 6 nitrogen and oxygen atoms in total. The van der Waals surface area contributed by atoms with Gasteiger partial charge in [0.15, 0.2) is 10.9 Å². The van der Waals surface area contributed by atoms with Crippen molar-refractivity contribution in [3.05, 3.63) is 34.7 Å². The summed E-state index contributed by atoms with van der Waals surface area (Å²) in [6.45, 7) is 6.01. The number of rotatable bonds is 6. The molecule has 0 spiro atoms. The Labute approximate surface area is 157 Å². The fraction of sp³-hybridized carbons (Fsp3) is 0.526. The first-order chi connectivity index (χ1) is 12.5. The van der Waals surface area contributed by atoms with Crippen LogP contribution in [-0.2, 0) is 17.6 Å². The predicted octanol–water partition coefficient (Wildman–Crippen LogP) is 3.64. The molecule has 0 bridgehead atoms. The van der Waals surface area contributed by atoms with Gasteiger partial charge in [-0.25, -0.2) is 4.98 Å². The Morgan fingerprint density at radius 2 is 2.23 bits per heavy atom. The maximum Gasteiger partial charge on any atom is 0.287 e. The summed E-state index contributed by atoms with van der Waals surface area (Å²) in [5.74, 6) is 0.195. The molecule has 2 atom stereocenters. The minimum atomic E-state index is -0.656. The molecule has 1 aliphatic rings. The Balaban J connectivity index is 1.67. The summed E-state index contributed by atoms with van der Waals surface area (Å²) in [7, 11) is 0. The van der Waals surface area contributed by atoms with Crippen molar-refractivity contribution in [1.82, 2.24) is 10.3 Å². The van der Waals surface area contributed by atoms with Gasteiger partial charge in [-0.2, -0.15) is 0 Å². The topological polar surface area (TPSA) is 84.2 Å². The van der Waals surface area contributed by atoms with E-state index in [1.165, 1.54) is 17.6 Å². The van der Waals surface area contributed by atoms with Crippen LogP contribution in [0, 0.1) is 11.8 Å². The number of nitrogens with zero attached hydrogens (tertiary/aromatic N) is 1. The zero-order chi connectivity index (χ0) is 18.7. The third kappa shape index (κ3) is 4.15. The van der Waals surface area contributed by atoms with Crippen molar-refractivity contribution in [2.24, 2.45) is 11.8 Å². The van der Waals surface area contributed by atoms with Crippen LogP contribution in [0.4, 0.5) is 5.13 Å². The maximum absolute atomic E-state index is 12.7. The van der Waals surface area contributed by atoms with Gasteiger partial charge in [0.1, 0.15) is 6.04 Å². The highest BCUT2D eigenvalue weighted by Gasteiger charge is 2.27. The van der Waals surface area contributed by atoms with Crippen LogP contribution in [0.5, 0.6) is 0 Å². The summed E-state index contributed by atoms with van der Waals surface area (Å²) in [5, 5.41) is 6.26. The van der Waals surface area contributed by atoms with Crippen molar-refractivity contribution in [2.75, 3.05) is 5.32 Å². The average Bonchev–Trinajstić information content (AvgIpc) is 3.27. The number of amides is 2. The third-order valence-electron chi connectivity index (χ3n) is 4.83. The molecule has 0 aliphatic heterocycles. The lowest BCUT2D eigenvalue weighted by molar-refractivity contribution is -0.118. The number of furan rings is 1. The predicted molar refractivity (Wildman–Crippen MR) is 101 cm³/mol. The molecule has 3 rings (SSSR count). The van der Waals surface area contributed by atoms with Gasteiger partial charge in [0.05, 0.1) is 12.0 Å². The van der Waals surface area contributed by atoms with Crippen molar-refractivity contribution < 1.29 is 14.0 Å². The van der Waals surface area contributed by atoms with Crippen LogP contribution in [0.25, 0.3) is 0 Å². The SMILES string of the molecule is CCC1CCc2nc(NC(=O)C(NC(=O)c3ccco3)C(C)C)sc2C1. The van der Waals surface area contributed by atoms with E-state index < -0.39 is 11.9 Å². The van der Waals surface area contributed by atoms with Crippen molar-refractivity contribution in [3.8, 4) is 0 Å². The number of fused-ring (bicyclic) bond motifs is 1. The molecule has 0 aromatic carbocycles. The highest BCUT2D eigenvalue weighted by atomic mass is 32.1. The second kappa shape index (κ2) is 8.03. The highest BCUT2D eigenvalue weighted by molar-refractivity contribution is 7.15. The number of aromatic nitrogens is 1. The van der Waals surface area contributed by atoms with E-state index in [2.05, 4.69) is 22.5 Å². The molecule has 2 N–H and O–H groups in total. The number of nitrogens with one attached hydrogen (secondary N) is 2. The molecule has 2 unspecified atom stereocenters. The first-order valence-corrected chi connectivity index (χ1v) is 9.93. The van der Waals surface area contributed by atoms with Gasteiger partial charge in [0.2, 0.25) is 5.91 Å². The van der Waals surface area contributed by atoms with Crippen LogP contribution >= 0.6 is 11.3 Å². The lowest BCUT2D eigenvalue weighted by Gasteiger charge is -2.20. The van der Waals surface area contributed by atoms with Crippen LogP contribution < -0.4 is 10.6 Å². The van der Waals surface area contributed by atoms with E-state index in [-0.39, 0.29) is 17.6 Å². The van der Waals surface area contributed by atoms with Gasteiger partial charge < -0.3 is 15.1 Å². The summed E-state index contributed by atoms with van der Waals surface area (Å²) in [6.07, 6.45) is 5.79. The number of carbonyl (C=O) groups excluding carboxylic acids is 2. The van der Waals surface area contributed by atoms with Crippen LogP contribution in [0.1, 0.15) is 54.7 Å².